The van der Waals surface area contributed by atoms with Crippen molar-refractivity contribution < 1.29 is 4.42 Å². The fourth-order valence-corrected chi connectivity index (χ4v) is 1.98. The van der Waals surface area contributed by atoms with Crippen molar-refractivity contribution in [3.63, 3.8) is 0 Å². The van der Waals surface area contributed by atoms with Gasteiger partial charge in [-0.25, -0.2) is 4.98 Å². The lowest BCUT2D eigenvalue weighted by atomic mass is 10.4. The molecule has 2 heterocycles. The second-order valence-corrected chi connectivity index (χ2v) is 4.05. The summed E-state index contributed by atoms with van der Waals surface area (Å²) < 4.78 is 5.58. The number of aromatic nitrogens is 1. The van der Waals surface area contributed by atoms with Crippen molar-refractivity contribution in [3.05, 3.63) is 17.8 Å². The molecular weight excluding hydrogens is 190 g/mol. The van der Waals surface area contributed by atoms with Gasteiger partial charge in [-0.15, -0.1) is 0 Å². The molecule has 1 aliphatic rings. The molecule has 84 valence electrons. The first-order chi connectivity index (χ1) is 7.38. The molecule has 0 radical (unpaired) electrons. The first kappa shape index (κ1) is 10.6. The van der Waals surface area contributed by atoms with Crippen LogP contribution >= 0.6 is 0 Å². The van der Waals surface area contributed by atoms with E-state index in [-0.39, 0.29) is 0 Å². The molecule has 2 rings (SSSR count). The highest BCUT2D eigenvalue weighted by atomic mass is 16.4. The highest BCUT2D eigenvalue weighted by molar-refractivity contribution is 4.94. The summed E-state index contributed by atoms with van der Waals surface area (Å²) in [6.07, 6.45) is 5.44. The third-order valence-electron chi connectivity index (χ3n) is 2.79. The summed E-state index contributed by atoms with van der Waals surface area (Å²) in [4.78, 5) is 6.74. The highest BCUT2D eigenvalue weighted by Crippen LogP contribution is 2.09. The van der Waals surface area contributed by atoms with E-state index in [1.807, 2.05) is 13.2 Å². The van der Waals surface area contributed by atoms with E-state index >= 15 is 0 Å². The molecule has 4 heteroatoms. The molecule has 0 atom stereocenters. The summed E-state index contributed by atoms with van der Waals surface area (Å²) >= 11 is 0. The average Bonchev–Trinajstić information content (AvgIpc) is 2.85. The van der Waals surface area contributed by atoms with Crippen molar-refractivity contribution in [2.45, 2.75) is 25.8 Å². The zero-order chi connectivity index (χ0) is 10.5. The van der Waals surface area contributed by atoms with Crippen LogP contribution in [0.4, 0.5) is 0 Å². The standard InChI is InChI=1S/C11H19N3O/c1-12-8-10-9-13-11(15-10)4-7-14-5-2-3-6-14/h9,12H,2-8H2,1H3. The van der Waals surface area contributed by atoms with Crippen LogP contribution in [0, 0.1) is 0 Å². The lowest BCUT2D eigenvalue weighted by molar-refractivity contribution is 0.325. The second kappa shape index (κ2) is 5.28. The van der Waals surface area contributed by atoms with Gasteiger partial charge in [-0.3, -0.25) is 0 Å². The summed E-state index contributed by atoms with van der Waals surface area (Å²) in [5.41, 5.74) is 0. The summed E-state index contributed by atoms with van der Waals surface area (Å²) in [5.74, 6) is 1.79. The topological polar surface area (TPSA) is 41.3 Å². The SMILES string of the molecule is CNCc1cnc(CCN2CCCC2)o1. The largest absolute Gasteiger partial charge is 0.444 e. The van der Waals surface area contributed by atoms with E-state index in [1.165, 1.54) is 25.9 Å². The van der Waals surface area contributed by atoms with Crippen molar-refractivity contribution >= 4 is 0 Å². The maximum atomic E-state index is 5.58. The Morgan fingerprint density at radius 1 is 1.47 bits per heavy atom. The molecule has 1 N–H and O–H groups in total. The Hall–Kier alpha value is -0.870. The smallest absolute Gasteiger partial charge is 0.195 e. The Morgan fingerprint density at radius 2 is 2.27 bits per heavy atom. The van der Waals surface area contributed by atoms with E-state index in [0.29, 0.717) is 0 Å². The minimum Gasteiger partial charge on any atom is -0.444 e. The second-order valence-electron chi connectivity index (χ2n) is 4.05. The minimum absolute atomic E-state index is 0.761. The maximum absolute atomic E-state index is 5.58. The first-order valence-electron chi connectivity index (χ1n) is 5.69. The average molecular weight is 209 g/mol. The number of nitrogens with one attached hydrogen (secondary N) is 1. The summed E-state index contributed by atoms with van der Waals surface area (Å²) in [6.45, 7) is 4.32. The number of oxazole rings is 1. The van der Waals surface area contributed by atoms with Gasteiger partial charge in [0.15, 0.2) is 5.89 Å². The molecule has 0 aromatic carbocycles. The zero-order valence-electron chi connectivity index (χ0n) is 9.33. The van der Waals surface area contributed by atoms with E-state index < -0.39 is 0 Å². The van der Waals surface area contributed by atoms with Gasteiger partial charge in [0.25, 0.3) is 0 Å². The van der Waals surface area contributed by atoms with Crippen LogP contribution < -0.4 is 5.32 Å². The highest BCUT2D eigenvalue weighted by Gasteiger charge is 2.12. The molecule has 0 spiro atoms. The minimum atomic E-state index is 0.761. The van der Waals surface area contributed by atoms with Crippen LogP contribution in [0.25, 0.3) is 0 Å². The molecule has 0 amide bonds. The number of hydrogen-bond acceptors (Lipinski definition) is 4. The monoisotopic (exact) mass is 209 g/mol. The summed E-state index contributed by atoms with van der Waals surface area (Å²) in [7, 11) is 1.91. The molecule has 0 unspecified atom stereocenters. The van der Waals surface area contributed by atoms with Crippen LogP contribution in [-0.4, -0.2) is 36.6 Å². The Kier molecular flexibility index (Phi) is 3.75. The van der Waals surface area contributed by atoms with Crippen LogP contribution in [0.5, 0.6) is 0 Å². The predicted molar refractivity (Wildman–Crippen MR) is 58.6 cm³/mol. The molecule has 15 heavy (non-hydrogen) atoms. The third-order valence-corrected chi connectivity index (χ3v) is 2.79. The first-order valence-corrected chi connectivity index (χ1v) is 5.69. The van der Waals surface area contributed by atoms with Crippen molar-refractivity contribution in [2.75, 3.05) is 26.7 Å². The fraction of sp³-hybridized carbons (Fsp3) is 0.727. The molecule has 1 aliphatic heterocycles. The predicted octanol–water partition coefficient (Wildman–Crippen LogP) is 1.03. The maximum Gasteiger partial charge on any atom is 0.195 e. The Labute approximate surface area is 90.7 Å². The van der Waals surface area contributed by atoms with Gasteiger partial charge in [0, 0.05) is 13.0 Å². The quantitative estimate of drug-likeness (QED) is 0.786. The van der Waals surface area contributed by atoms with Crippen LogP contribution in [0.2, 0.25) is 0 Å². The van der Waals surface area contributed by atoms with Gasteiger partial charge in [0.05, 0.1) is 12.7 Å². The van der Waals surface area contributed by atoms with Gasteiger partial charge in [-0.1, -0.05) is 0 Å². The van der Waals surface area contributed by atoms with Gasteiger partial charge in [-0.2, -0.15) is 0 Å². The van der Waals surface area contributed by atoms with E-state index in [0.717, 1.165) is 31.2 Å². The van der Waals surface area contributed by atoms with Crippen LogP contribution in [-0.2, 0) is 13.0 Å². The number of nitrogens with zero attached hydrogens (tertiary/aromatic N) is 2. The van der Waals surface area contributed by atoms with Gasteiger partial charge in [0.1, 0.15) is 5.76 Å². The zero-order valence-corrected chi connectivity index (χ0v) is 9.33. The van der Waals surface area contributed by atoms with E-state index in [2.05, 4.69) is 15.2 Å². The molecule has 1 fully saturated rings. The van der Waals surface area contributed by atoms with Gasteiger partial charge >= 0.3 is 0 Å². The van der Waals surface area contributed by atoms with Gasteiger partial charge < -0.3 is 14.6 Å². The molecule has 0 bridgehead atoms. The Bertz CT molecular complexity index is 292. The van der Waals surface area contributed by atoms with Crippen LogP contribution in [0.3, 0.4) is 0 Å². The van der Waals surface area contributed by atoms with Crippen LogP contribution in [0.15, 0.2) is 10.6 Å². The number of rotatable bonds is 5. The lowest BCUT2D eigenvalue weighted by Gasteiger charge is -2.12. The van der Waals surface area contributed by atoms with Crippen molar-refractivity contribution in [3.8, 4) is 0 Å². The molecule has 1 aromatic heterocycles. The molecule has 0 aliphatic carbocycles. The number of likely N-dealkylation sites (tertiary alicyclic amines) is 1. The summed E-state index contributed by atoms with van der Waals surface area (Å²) in [5, 5.41) is 3.05. The fourth-order valence-electron chi connectivity index (χ4n) is 1.98. The molecule has 1 aromatic rings. The van der Waals surface area contributed by atoms with E-state index in [4.69, 9.17) is 4.42 Å². The number of hydrogen-bond donors (Lipinski definition) is 1. The van der Waals surface area contributed by atoms with Crippen molar-refractivity contribution in [1.82, 2.24) is 15.2 Å². The van der Waals surface area contributed by atoms with Gasteiger partial charge in [-0.05, 0) is 33.0 Å². The summed E-state index contributed by atoms with van der Waals surface area (Å²) in [6, 6.07) is 0. The molecule has 0 saturated carbocycles. The molecule has 4 nitrogen and oxygen atoms in total. The van der Waals surface area contributed by atoms with E-state index in [1.54, 1.807) is 0 Å². The molecular formula is C11H19N3O. The normalized spacial score (nSPS) is 17.4. The van der Waals surface area contributed by atoms with Gasteiger partial charge in [0.2, 0.25) is 0 Å². The Morgan fingerprint density at radius 3 is 3.00 bits per heavy atom. The third kappa shape index (κ3) is 3.04. The van der Waals surface area contributed by atoms with Crippen LogP contribution in [0.1, 0.15) is 24.5 Å². The van der Waals surface area contributed by atoms with E-state index in [9.17, 15) is 0 Å². The van der Waals surface area contributed by atoms with Crippen molar-refractivity contribution in [1.29, 1.82) is 0 Å². The lowest BCUT2D eigenvalue weighted by Crippen LogP contribution is -2.21. The van der Waals surface area contributed by atoms with Crippen molar-refractivity contribution in [2.24, 2.45) is 0 Å². The Balaban J connectivity index is 1.77. The molecule has 1 saturated heterocycles.